The predicted molar refractivity (Wildman–Crippen MR) is 87.1 cm³/mol. The van der Waals surface area contributed by atoms with Crippen molar-refractivity contribution in [3.8, 4) is 22.0 Å². The van der Waals surface area contributed by atoms with E-state index in [-0.39, 0.29) is 0 Å². The second kappa shape index (κ2) is 5.65. The van der Waals surface area contributed by atoms with E-state index in [2.05, 4.69) is 44.2 Å². The van der Waals surface area contributed by atoms with Crippen LogP contribution in [-0.2, 0) is 0 Å². The lowest BCUT2D eigenvalue weighted by Crippen LogP contribution is -1.88. The van der Waals surface area contributed by atoms with Crippen LogP contribution in [-0.4, -0.2) is 25.6 Å². The predicted octanol–water partition coefficient (Wildman–Crippen LogP) is 3.72. The van der Waals surface area contributed by atoms with Crippen LogP contribution in [0.2, 0.25) is 0 Å². The van der Waals surface area contributed by atoms with Gasteiger partial charge in [-0.15, -0.1) is 21.5 Å². The molecule has 2 heterocycles. The average molecular weight is 307 g/mol. The summed E-state index contributed by atoms with van der Waals surface area (Å²) >= 11 is 1.67. The molecule has 0 aliphatic heterocycles. The van der Waals surface area contributed by atoms with Crippen molar-refractivity contribution >= 4 is 16.9 Å². The molecular weight excluding hydrogens is 294 g/mol. The molecule has 3 aromatic rings. The highest BCUT2D eigenvalue weighted by Gasteiger charge is 2.10. The molecule has 5 nitrogen and oxygen atoms in total. The fourth-order valence-corrected chi connectivity index (χ4v) is 3.27. The van der Waals surface area contributed by atoms with Crippen LogP contribution < -0.4 is 0 Å². The summed E-state index contributed by atoms with van der Waals surface area (Å²) in [6, 6.07) is 8.07. The summed E-state index contributed by atoms with van der Waals surface area (Å²) in [5, 5.41) is 17.2. The summed E-state index contributed by atoms with van der Waals surface area (Å²) in [5.41, 5.74) is 4.45. The molecule has 0 bridgehead atoms. The van der Waals surface area contributed by atoms with Gasteiger partial charge >= 0.3 is 0 Å². The van der Waals surface area contributed by atoms with Crippen LogP contribution in [0.5, 0.6) is 0 Å². The van der Waals surface area contributed by atoms with E-state index < -0.39 is 0 Å². The normalized spacial score (nSPS) is 14.1. The van der Waals surface area contributed by atoms with Crippen LogP contribution in [0.15, 0.2) is 47.9 Å². The Morgan fingerprint density at radius 1 is 1.09 bits per heavy atom. The summed E-state index contributed by atoms with van der Waals surface area (Å²) in [6.07, 6.45) is 8.61. The zero-order chi connectivity index (χ0) is 14.8. The van der Waals surface area contributed by atoms with Crippen molar-refractivity contribution in [3.63, 3.8) is 0 Å². The summed E-state index contributed by atoms with van der Waals surface area (Å²) in [5.74, 6) is 0.602. The standard InChI is InChI=1S/C16H13N5S/c1-2-4-11(5-3-1)14-10-22-16(17-14)13-8-6-12(7-9-13)15-18-20-21-19-15/h1-2,4,6-10H,3,5H2,(H,18,19,20,21). The second-order valence-corrected chi connectivity index (χ2v) is 5.87. The Labute approximate surface area is 131 Å². The maximum atomic E-state index is 4.76. The number of hydrogen-bond acceptors (Lipinski definition) is 5. The Morgan fingerprint density at radius 2 is 1.95 bits per heavy atom. The third-order valence-electron chi connectivity index (χ3n) is 3.58. The molecule has 0 spiro atoms. The molecule has 108 valence electrons. The average Bonchev–Trinajstić information content (AvgIpc) is 3.28. The maximum Gasteiger partial charge on any atom is 0.204 e. The minimum absolute atomic E-state index is 0.602. The topological polar surface area (TPSA) is 67.3 Å². The molecular formula is C16H13N5S. The number of hydrogen-bond donors (Lipinski definition) is 1. The van der Waals surface area contributed by atoms with Gasteiger partial charge in [-0.3, -0.25) is 0 Å². The largest absolute Gasteiger partial charge is 0.236 e. The SMILES string of the molecule is C1=CCCC(c2csc(-c3ccc(-c4nn[nH]n4)cc3)n2)=C1. The zero-order valence-electron chi connectivity index (χ0n) is 11.7. The molecule has 1 aliphatic rings. The van der Waals surface area contributed by atoms with Crippen molar-refractivity contribution in [3.05, 3.63) is 53.6 Å². The highest BCUT2D eigenvalue weighted by atomic mass is 32.1. The van der Waals surface area contributed by atoms with E-state index in [9.17, 15) is 0 Å². The lowest BCUT2D eigenvalue weighted by molar-refractivity contribution is 0.881. The molecule has 1 N–H and O–H groups in total. The van der Waals surface area contributed by atoms with Gasteiger partial charge in [0.15, 0.2) is 0 Å². The molecule has 1 aliphatic carbocycles. The van der Waals surface area contributed by atoms with Crippen LogP contribution >= 0.6 is 11.3 Å². The van der Waals surface area contributed by atoms with Gasteiger partial charge in [0.05, 0.1) is 5.69 Å². The Kier molecular flexibility index (Phi) is 3.36. The first-order valence-electron chi connectivity index (χ1n) is 7.06. The van der Waals surface area contributed by atoms with Crippen molar-refractivity contribution < 1.29 is 0 Å². The summed E-state index contributed by atoms with van der Waals surface area (Å²) in [4.78, 5) is 4.76. The van der Waals surface area contributed by atoms with Crippen molar-refractivity contribution in [2.45, 2.75) is 12.8 Å². The van der Waals surface area contributed by atoms with E-state index >= 15 is 0 Å². The number of rotatable bonds is 3. The van der Waals surface area contributed by atoms with Crippen LogP contribution in [0.4, 0.5) is 0 Å². The monoisotopic (exact) mass is 307 g/mol. The van der Waals surface area contributed by atoms with Crippen molar-refractivity contribution in [2.75, 3.05) is 0 Å². The van der Waals surface area contributed by atoms with Gasteiger partial charge < -0.3 is 0 Å². The Bertz CT molecular complexity index is 828. The lowest BCUT2D eigenvalue weighted by Gasteiger charge is -2.05. The van der Waals surface area contributed by atoms with Gasteiger partial charge in [0.25, 0.3) is 0 Å². The molecule has 0 amide bonds. The molecule has 0 saturated carbocycles. The van der Waals surface area contributed by atoms with E-state index in [4.69, 9.17) is 4.98 Å². The molecule has 22 heavy (non-hydrogen) atoms. The summed E-state index contributed by atoms with van der Waals surface area (Å²) < 4.78 is 0. The Balaban J connectivity index is 1.61. The molecule has 1 aromatic carbocycles. The Morgan fingerprint density at radius 3 is 2.68 bits per heavy atom. The number of nitrogens with one attached hydrogen (secondary N) is 1. The van der Waals surface area contributed by atoms with Crippen molar-refractivity contribution in [1.29, 1.82) is 0 Å². The fraction of sp³-hybridized carbons (Fsp3) is 0.125. The van der Waals surface area contributed by atoms with E-state index in [1.54, 1.807) is 11.3 Å². The first kappa shape index (κ1) is 13.1. The maximum absolute atomic E-state index is 4.76. The molecule has 0 atom stereocenters. The third kappa shape index (κ3) is 2.48. The van der Waals surface area contributed by atoms with Crippen LogP contribution in [0.25, 0.3) is 27.5 Å². The number of aromatic amines is 1. The number of nitrogens with zero attached hydrogens (tertiary/aromatic N) is 4. The number of benzene rings is 1. The van der Waals surface area contributed by atoms with Crippen LogP contribution in [0.3, 0.4) is 0 Å². The minimum atomic E-state index is 0.602. The molecule has 0 fully saturated rings. The quantitative estimate of drug-likeness (QED) is 0.800. The molecule has 0 radical (unpaired) electrons. The Hall–Kier alpha value is -2.60. The van der Waals surface area contributed by atoms with E-state index in [1.807, 2.05) is 24.3 Å². The van der Waals surface area contributed by atoms with Gasteiger partial charge in [-0.25, -0.2) is 4.98 Å². The third-order valence-corrected chi connectivity index (χ3v) is 4.47. The highest BCUT2D eigenvalue weighted by molar-refractivity contribution is 7.13. The van der Waals surface area contributed by atoms with Gasteiger partial charge in [0.1, 0.15) is 5.01 Å². The highest BCUT2D eigenvalue weighted by Crippen LogP contribution is 2.30. The molecule has 6 heteroatoms. The van der Waals surface area contributed by atoms with Crippen molar-refractivity contribution in [1.82, 2.24) is 25.6 Å². The first-order chi connectivity index (χ1) is 10.9. The van der Waals surface area contributed by atoms with Crippen molar-refractivity contribution in [2.24, 2.45) is 0 Å². The van der Waals surface area contributed by atoms with Gasteiger partial charge in [0, 0.05) is 16.5 Å². The van der Waals surface area contributed by atoms with Gasteiger partial charge in [0.2, 0.25) is 5.82 Å². The van der Waals surface area contributed by atoms with Gasteiger partial charge in [-0.2, -0.15) is 5.21 Å². The first-order valence-corrected chi connectivity index (χ1v) is 7.94. The van der Waals surface area contributed by atoms with E-state index in [0.717, 1.165) is 34.7 Å². The van der Waals surface area contributed by atoms with E-state index in [1.165, 1.54) is 5.57 Å². The minimum Gasteiger partial charge on any atom is -0.236 e. The van der Waals surface area contributed by atoms with E-state index in [0.29, 0.717) is 5.82 Å². The van der Waals surface area contributed by atoms with Crippen LogP contribution in [0, 0.1) is 0 Å². The smallest absolute Gasteiger partial charge is 0.204 e. The summed E-state index contributed by atoms with van der Waals surface area (Å²) in [6.45, 7) is 0. The number of thiazole rings is 1. The van der Waals surface area contributed by atoms with Crippen LogP contribution in [0.1, 0.15) is 18.5 Å². The lowest BCUT2D eigenvalue weighted by atomic mass is 10.0. The van der Waals surface area contributed by atoms with Gasteiger partial charge in [-0.1, -0.05) is 42.5 Å². The van der Waals surface area contributed by atoms with Gasteiger partial charge in [-0.05, 0) is 23.6 Å². The number of aromatic nitrogens is 5. The molecule has 0 saturated heterocycles. The number of tetrazole rings is 1. The number of H-pyrrole nitrogens is 1. The molecule has 2 aromatic heterocycles. The molecule has 4 rings (SSSR count). The number of allylic oxidation sites excluding steroid dienone is 4. The zero-order valence-corrected chi connectivity index (χ0v) is 12.5. The molecule has 0 unspecified atom stereocenters. The second-order valence-electron chi connectivity index (χ2n) is 5.01. The summed E-state index contributed by atoms with van der Waals surface area (Å²) in [7, 11) is 0. The fourth-order valence-electron chi connectivity index (χ4n) is 2.42.